The summed E-state index contributed by atoms with van der Waals surface area (Å²) in [6.45, 7) is 4.59. The van der Waals surface area contributed by atoms with Crippen LogP contribution in [0.5, 0.6) is 0 Å². The molecule has 1 saturated heterocycles. The minimum atomic E-state index is -0.425. The van der Waals surface area contributed by atoms with Gasteiger partial charge in [0.05, 0.1) is 23.8 Å². The quantitative estimate of drug-likeness (QED) is 0.678. The first-order valence-corrected chi connectivity index (χ1v) is 9.83. The van der Waals surface area contributed by atoms with Crippen LogP contribution in [0.25, 0.3) is 11.1 Å². The fourth-order valence-electron chi connectivity index (χ4n) is 3.74. The van der Waals surface area contributed by atoms with Gasteiger partial charge < -0.3 is 16.0 Å². The Labute approximate surface area is 175 Å². The number of primary amides is 1. The molecule has 0 atom stereocenters. The highest BCUT2D eigenvalue weighted by molar-refractivity contribution is 5.96. The van der Waals surface area contributed by atoms with Crippen LogP contribution in [0.1, 0.15) is 34.3 Å². The molecular weight excluding hydrogens is 378 g/mol. The molecule has 0 unspecified atom stereocenters. The summed E-state index contributed by atoms with van der Waals surface area (Å²) in [5.41, 5.74) is 11.4. The number of pyridine rings is 2. The summed E-state index contributed by atoms with van der Waals surface area (Å²) < 4.78 is 0. The lowest BCUT2D eigenvalue weighted by molar-refractivity contribution is -0.117. The van der Waals surface area contributed by atoms with Gasteiger partial charge in [0.2, 0.25) is 11.8 Å². The first-order chi connectivity index (χ1) is 14.4. The molecule has 30 heavy (non-hydrogen) atoms. The van der Waals surface area contributed by atoms with Crippen LogP contribution in [0, 0.1) is 13.8 Å². The Morgan fingerprint density at radius 3 is 2.60 bits per heavy atom. The van der Waals surface area contributed by atoms with E-state index in [1.54, 1.807) is 29.6 Å². The topological polar surface area (TPSA) is 101 Å². The van der Waals surface area contributed by atoms with E-state index in [-0.39, 0.29) is 5.91 Å². The fraction of sp³-hybridized carbons (Fsp3) is 0.217. The summed E-state index contributed by atoms with van der Waals surface area (Å²) in [6, 6.07) is 9.42. The van der Waals surface area contributed by atoms with Gasteiger partial charge in [0.15, 0.2) is 0 Å². The van der Waals surface area contributed by atoms with E-state index in [2.05, 4.69) is 15.3 Å². The third-order valence-corrected chi connectivity index (χ3v) is 5.51. The Morgan fingerprint density at radius 2 is 1.93 bits per heavy atom. The second-order valence-corrected chi connectivity index (χ2v) is 7.41. The van der Waals surface area contributed by atoms with Crippen molar-refractivity contribution < 1.29 is 9.59 Å². The van der Waals surface area contributed by atoms with Gasteiger partial charge in [-0.3, -0.25) is 14.6 Å². The van der Waals surface area contributed by atoms with E-state index in [1.807, 2.05) is 38.1 Å². The predicted molar refractivity (Wildman–Crippen MR) is 117 cm³/mol. The lowest BCUT2D eigenvalue weighted by Crippen LogP contribution is -2.23. The van der Waals surface area contributed by atoms with E-state index in [9.17, 15) is 9.59 Å². The van der Waals surface area contributed by atoms with Crippen molar-refractivity contribution in [1.82, 2.24) is 9.97 Å². The molecular formula is C23H23N5O2. The van der Waals surface area contributed by atoms with Gasteiger partial charge in [-0.05, 0) is 61.2 Å². The van der Waals surface area contributed by atoms with Crippen LogP contribution in [-0.4, -0.2) is 28.3 Å². The van der Waals surface area contributed by atoms with E-state index < -0.39 is 5.91 Å². The molecule has 1 aliphatic rings. The van der Waals surface area contributed by atoms with E-state index >= 15 is 0 Å². The average Bonchev–Trinajstić information content (AvgIpc) is 3.17. The highest BCUT2D eigenvalue weighted by atomic mass is 16.2. The fourth-order valence-corrected chi connectivity index (χ4v) is 3.74. The lowest BCUT2D eigenvalue weighted by atomic mass is 9.94. The van der Waals surface area contributed by atoms with Gasteiger partial charge >= 0.3 is 0 Å². The van der Waals surface area contributed by atoms with Gasteiger partial charge in [-0.25, -0.2) is 4.98 Å². The van der Waals surface area contributed by atoms with E-state index in [0.29, 0.717) is 17.8 Å². The molecule has 0 saturated carbocycles. The molecule has 3 heterocycles. The van der Waals surface area contributed by atoms with Crippen LogP contribution >= 0.6 is 0 Å². The largest absolute Gasteiger partial charge is 0.366 e. The molecule has 2 aromatic heterocycles. The summed E-state index contributed by atoms with van der Waals surface area (Å²) in [5, 5.41) is 3.24. The van der Waals surface area contributed by atoms with Crippen molar-refractivity contribution in [3.8, 4) is 11.1 Å². The van der Waals surface area contributed by atoms with Crippen molar-refractivity contribution >= 4 is 29.0 Å². The maximum Gasteiger partial charge on any atom is 0.248 e. The summed E-state index contributed by atoms with van der Waals surface area (Å²) in [7, 11) is 0. The van der Waals surface area contributed by atoms with Crippen molar-refractivity contribution in [2.45, 2.75) is 26.7 Å². The van der Waals surface area contributed by atoms with Gasteiger partial charge in [-0.2, -0.15) is 0 Å². The predicted octanol–water partition coefficient (Wildman–Crippen LogP) is 3.73. The standard InChI is InChI=1S/C23H23N5O2/c1-14-15(2)20(23(24)30)7-6-19(14)16-5-8-21(26-11-16)27-17-10-18(13-25-12-17)28-9-3-4-22(28)29/h5-8,10-13H,3-4,9H2,1-2H3,(H2,24,30)(H,26,27). The first-order valence-electron chi connectivity index (χ1n) is 9.83. The van der Waals surface area contributed by atoms with Crippen LogP contribution in [0.4, 0.5) is 17.2 Å². The van der Waals surface area contributed by atoms with Crippen molar-refractivity contribution in [2.24, 2.45) is 5.73 Å². The Balaban J connectivity index is 1.54. The van der Waals surface area contributed by atoms with E-state index in [0.717, 1.165) is 46.6 Å². The molecule has 7 heteroatoms. The van der Waals surface area contributed by atoms with Gasteiger partial charge in [0, 0.05) is 30.3 Å². The molecule has 152 valence electrons. The van der Waals surface area contributed by atoms with Gasteiger partial charge in [0.1, 0.15) is 5.82 Å². The Hall–Kier alpha value is -3.74. The second-order valence-electron chi connectivity index (χ2n) is 7.41. The van der Waals surface area contributed by atoms with Crippen LogP contribution < -0.4 is 16.0 Å². The summed E-state index contributed by atoms with van der Waals surface area (Å²) in [6.07, 6.45) is 6.65. The van der Waals surface area contributed by atoms with Crippen molar-refractivity contribution in [2.75, 3.05) is 16.8 Å². The zero-order valence-corrected chi connectivity index (χ0v) is 17.0. The maximum atomic E-state index is 12.0. The monoisotopic (exact) mass is 401 g/mol. The Kier molecular flexibility index (Phi) is 5.18. The SMILES string of the molecule is Cc1c(C(N)=O)ccc(-c2ccc(Nc3cncc(N4CCCC4=O)c3)nc2)c1C. The number of nitrogens with one attached hydrogen (secondary N) is 1. The number of carbonyl (C=O) groups is 2. The number of rotatable bonds is 5. The molecule has 0 radical (unpaired) electrons. The van der Waals surface area contributed by atoms with Crippen LogP contribution in [-0.2, 0) is 4.79 Å². The van der Waals surface area contributed by atoms with Crippen molar-refractivity contribution in [3.63, 3.8) is 0 Å². The number of hydrogen-bond donors (Lipinski definition) is 2. The number of nitrogens with zero attached hydrogens (tertiary/aromatic N) is 3. The highest BCUT2D eigenvalue weighted by Crippen LogP contribution is 2.29. The number of hydrogen-bond acceptors (Lipinski definition) is 5. The summed E-state index contributed by atoms with van der Waals surface area (Å²) >= 11 is 0. The number of amides is 2. The third-order valence-electron chi connectivity index (χ3n) is 5.51. The molecule has 1 aliphatic heterocycles. The maximum absolute atomic E-state index is 12.0. The molecule has 3 aromatic rings. The molecule has 4 rings (SSSR count). The molecule has 1 fully saturated rings. The van der Waals surface area contributed by atoms with Crippen LogP contribution in [0.3, 0.4) is 0 Å². The molecule has 7 nitrogen and oxygen atoms in total. The first kappa shape index (κ1) is 19.6. The molecule has 0 aliphatic carbocycles. The zero-order chi connectivity index (χ0) is 21.3. The van der Waals surface area contributed by atoms with E-state index in [1.165, 1.54) is 0 Å². The van der Waals surface area contributed by atoms with Gasteiger partial charge in [-0.15, -0.1) is 0 Å². The van der Waals surface area contributed by atoms with Gasteiger partial charge in [0.25, 0.3) is 0 Å². The summed E-state index contributed by atoms with van der Waals surface area (Å²) in [5.74, 6) is 0.379. The molecule has 3 N–H and O–H groups in total. The average molecular weight is 401 g/mol. The second kappa shape index (κ2) is 7.94. The number of aromatic nitrogens is 2. The number of carbonyl (C=O) groups excluding carboxylic acids is 2. The van der Waals surface area contributed by atoms with Crippen LogP contribution in [0.15, 0.2) is 48.9 Å². The van der Waals surface area contributed by atoms with E-state index in [4.69, 9.17) is 5.73 Å². The molecule has 0 spiro atoms. The minimum absolute atomic E-state index is 0.129. The zero-order valence-electron chi connectivity index (χ0n) is 17.0. The molecule has 1 aromatic carbocycles. The molecule has 0 bridgehead atoms. The molecule has 2 amide bonds. The Bertz CT molecular complexity index is 1120. The van der Waals surface area contributed by atoms with Crippen molar-refractivity contribution in [1.29, 1.82) is 0 Å². The third kappa shape index (κ3) is 3.74. The summed E-state index contributed by atoms with van der Waals surface area (Å²) in [4.78, 5) is 34.0. The number of anilines is 3. The smallest absolute Gasteiger partial charge is 0.248 e. The van der Waals surface area contributed by atoms with Crippen molar-refractivity contribution in [3.05, 3.63) is 65.6 Å². The van der Waals surface area contributed by atoms with Gasteiger partial charge in [-0.1, -0.05) is 6.07 Å². The normalized spacial score (nSPS) is 13.5. The highest BCUT2D eigenvalue weighted by Gasteiger charge is 2.22. The number of benzene rings is 1. The number of nitrogens with two attached hydrogens (primary N) is 1. The lowest BCUT2D eigenvalue weighted by Gasteiger charge is -2.16. The Morgan fingerprint density at radius 1 is 1.10 bits per heavy atom. The minimum Gasteiger partial charge on any atom is -0.366 e. The van der Waals surface area contributed by atoms with Crippen LogP contribution in [0.2, 0.25) is 0 Å².